The molecule has 0 aliphatic rings. The molecule has 0 fully saturated rings. The van der Waals surface area contributed by atoms with Gasteiger partial charge >= 0.3 is 0 Å². The monoisotopic (exact) mass is 153 g/mol. The van der Waals surface area contributed by atoms with Gasteiger partial charge in [0.25, 0.3) is 0 Å². The molecular weight excluding hydrogens is 132 g/mol. The Kier molecular flexibility index (Phi) is 6.30. The molecule has 0 N–H and O–H groups in total. The van der Waals surface area contributed by atoms with E-state index in [4.69, 9.17) is 0 Å². The summed E-state index contributed by atoms with van der Waals surface area (Å²) < 4.78 is 0. The van der Waals surface area contributed by atoms with E-state index >= 15 is 0 Å². The molecule has 0 spiro atoms. The van der Waals surface area contributed by atoms with E-state index < -0.39 is 0 Å². The molecule has 0 rings (SSSR count). The van der Waals surface area contributed by atoms with Crippen LogP contribution >= 0.6 is 0 Å². The van der Waals surface area contributed by atoms with Crippen molar-refractivity contribution in [1.29, 1.82) is 0 Å². The van der Waals surface area contributed by atoms with Crippen molar-refractivity contribution < 1.29 is 0 Å². The molecule has 2 unspecified atom stereocenters. The summed E-state index contributed by atoms with van der Waals surface area (Å²) in [5.41, 5.74) is 0. The van der Waals surface area contributed by atoms with Crippen LogP contribution in [0, 0.1) is 18.8 Å². The lowest BCUT2D eigenvalue weighted by Crippen LogP contribution is -2.03. The van der Waals surface area contributed by atoms with Gasteiger partial charge in [-0.2, -0.15) is 0 Å². The SMILES string of the molecule is [CH2]C(C)C(C)CCC/C=C/C. The summed E-state index contributed by atoms with van der Waals surface area (Å²) in [6, 6.07) is 0. The predicted molar refractivity (Wildman–Crippen MR) is 52.4 cm³/mol. The first-order chi connectivity index (χ1) is 5.18. The van der Waals surface area contributed by atoms with E-state index in [0.717, 1.165) is 5.92 Å². The zero-order valence-electron chi connectivity index (χ0n) is 8.14. The van der Waals surface area contributed by atoms with Crippen molar-refractivity contribution in [3.63, 3.8) is 0 Å². The molecule has 0 saturated carbocycles. The molecule has 0 amide bonds. The van der Waals surface area contributed by atoms with Crippen molar-refractivity contribution in [2.45, 2.75) is 40.0 Å². The lowest BCUT2D eigenvalue weighted by atomic mass is 9.93. The van der Waals surface area contributed by atoms with Crippen molar-refractivity contribution >= 4 is 0 Å². The molecule has 2 atom stereocenters. The van der Waals surface area contributed by atoms with Crippen LogP contribution in [0.2, 0.25) is 0 Å². The number of hydrogen-bond acceptors (Lipinski definition) is 0. The van der Waals surface area contributed by atoms with Gasteiger partial charge in [0.15, 0.2) is 0 Å². The molecule has 0 aromatic rings. The van der Waals surface area contributed by atoms with Crippen LogP contribution in [0.1, 0.15) is 40.0 Å². The lowest BCUT2D eigenvalue weighted by Gasteiger charge is -2.13. The molecule has 0 aliphatic heterocycles. The van der Waals surface area contributed by atoms with Crippen LogP contribution in [0.3, 0.4) is 0 Å². The largest absolute Gasteiger partial charge is 0.0917 e. The minimum absolute atomic E-state index is 0.598. The average Bonchev–Trinajstić information content (AvgIpc) is 1.97. The van der Waals surface area contributed by atoms with Gasteiger partial charge in [-0.1, -0.05) is 39.3 Å². The highest BCUT2D eigenvalue weighted by atomic mass is 14.1. The topological polar surface area (TPSA) is 0 Å². The summed E-state index contributed by atoms with van der Waals surface area (Å²) in [4.78, 5) is 0. The van der Waals surface area contributed by atoms with Crippen LogP contribution in [0.15, 0.2) is 12.2 Å². The minimum atomic E-state index is 0.598. The average molecular weight is 153 g/mol. The van der Waals surface area contributed by atoms with Crippen molar-refractivity contribution in [3.05, 3.63) is 19.1 Å². The first-order valence-corrected chi connectivity index (χ1v) is 4.62. The third-order valence-electron chi connectivity index (χ3n) is 2.24. The quantitative estimate of drug-likeness (QED) is 0.416. The van der Waals surface area contributed by atoms with E-state index in [1.807, 2.05) is 0 Å². The zero-order chi connectivity index (χ0) is 8.69. The van der Waals surface area contributed by atoms with Gasteiger partial charge in [0.1, 0.15) is 0 Å². The smallest absolute Gasteiger partial charge is 0.0351 e. The predicted octanol–water partition coefficient (Wildman–Crippen LogP) is 3.84. The molecule has 1 radical (unpaired) electrons. The molecule has 0 nitrogen and oxygen atoms in total. The van der Waals surface area contributed by atoms with E-state index in [-0.39, 0.29) is 0 Å². The maximum atomic E-state index is 4.02. The fraction of sp³-hybridized carbons (Fsp3) is 0.727. The Morgan fingerprint density at radius 2 is 2.00 bits per heavy atom. The maximum absolute atomic E-state index is 4.02. The molecule has 0 bridgehead atoms. The molecule has 0 saturated heterocycles. The molecule has 0 heterocycles. The molecule has 0 aromatic carbocycles. The number of unbranched alkanes of at least 4 members (excludes halogenated alkanes) is 1. The third kappa shape index (κ3) is 6.15. The second-order valence-corrected chi connectivity index (χ2v) is 3.45. The van der Waals surface area contributed by atoms with E-state index in [1.165, 1.54) is 19.3 Å². The van der Waals surface area contributed by atoms with Crippen LogP contribution in [0.4, 0.5) is 0 Å². The summed E-state index contributed by atoms with van der Waals surface area (Å²) >= 11 is 0. The first-order valence-electron chi connectivity index (χ1n) is 4.62. The molecule has 0 aliphatic carbocycles. The van der Waals surface area contributed by atoms with Crippen LogP contribution in [0.25, 0.3) is 0 Å². The summed E-state index contributed by atoms with van der Waals surface area (Å²) in [6.45, 7) is 10.6. The van der Waals surface area contributed by atoms with Crippen LogP contribution < -0.4 is 0 Å². The van der Waals surface area contributed by atoms with Gasteiger partial charge in [-0.3, -0.25) is 0 Å². The Morgan fingerprint density at radius 3 is 2.45 bits per heavy atom. The Hall–Kier alpha value is -0.260. The third-order valence-corrected chi connectivity index (χ3v) is 2.24. The van der Waals surface area contributed by atoms with Crippen molar-refractivity contribution in [2.75, 3.05) is 0 Å². The number of hydrogen-bond donors (Lipinski definition) is 0. The first kappa shape index (κ1) is 10.7. The van der Waals surface area contributed by atoms with E-state index in [9.17, 15) is 0 Å². The second-order valence-electron chi connectivity index (χ2n) is 3.45. The van der Waals surface area contributed by atoms with Crippen LogP contribution in [-0.4, -0.2) is 0 Å². The zero-order valence-corrected chi connectivity index (χ0v) is 8.14. The van der Waals surface area contributed by atoms with Crippen molar-refractivity contribution in [1.82, 2.24) is 0 Å². The van der Waals surface area contributed by atoms with Crippen molar-refractivity contribution in [2.24, 2.45) is 11.8 Å². The van der Waals surface area contributed by atoms with Gasteiger partial charge in [0, 0.05) is 0 Å². The number of rotatable bonds is 5. The van der Waals surface area contributed by atoms with Crippen LogP contribution in [0.5, 0.6) is 0 Å². The minimum Gasteiger partial charge on any atom is -0.0917 e. The fourth-order valence-electron chi connectivity index (χ4n) is 1.01. The van der Waals surface area contributed by atoms with Gasteiger partial charge in [-0.05, 0) is 31.6 Å². The van der Waals surface area contributed by atoms with Gasteiger partial charge in [0.05, 0.1) is 0 Å². The van der Waals surface area contributed by atoms with Gasteiger partial charge in [-0.15, -0.1) is 0 Å². The Morgan fingerprint density at radius 1 is 1.36 bits per heavy atom. The van der Waals surface area contributed by atoms with E-state index in [0.29, 0.717) is 5.92 Å². The highest BCUT2D eigenvalue weighted by Gasteiger charge is 2.04. The summed E-state index contributed by atoms with van der Waals surface area (Å²) in [5.74, 6) is 1.38. The normalized spacial score (nSPS) is 14.6. The standard InChI is InChI=1S/C11H21/c1-5-6-7-8-9-11(4)10(2)3/h5-6,10-11H,2,7-9H2,1,3-4H3/b6-5+. The second kappa shape index (κ2) is 6.45. The summed E-state index contributed by atoms with van der Waals surface area (Å²) in [7, 11) is 0. The van der Waals surface area contributed by atoms with Gasteiger partial charge in [-0.25, -0.2) is 0 Å². The Bertz CT molecular complexity index is 101. The number of allylic oxidation sites excluding steroid dienone is 2. The molecule has 0 heteroatoms. The van der Waals surface area contributed by atoms with Gasteiger partial charge in [0.2, 0.25) is 0 Å². The fourth-order valence-corrected chi connectivity index (χ4v) is 1.01. The molecule has 0 aromatic heterocycles. The highest BCUT2D eigenvalue weighted by Crippen LogP contribution is 2.16. The lowest BCUT2D eigenvalue weighted by molar-refractivity contribution is 0.414. The van der Waals surface area contributed by atoms with Crippen molar-refractivity contribution in [3.8, 4) is 0 Å². The summed E-state index contributed by atoms with van der Waals surface area (Å²) in [5, 5.41) is 0. The molecule has 65 valence electrons. The Labute approximate surface area is 71.7 Å². The van der Waals surface area contributed by atoms with E-state index in [2.05, 4.69) is 39.8 Å². The summed E-state index contributed by atoms with van der Waals surface area (Å²) in [6.07, 6.45) is 8.21. The van der Waals surface area contributed by atoms with Crippen LogP contribution in [-0.2, 0) is 0 Å². The van der Waals surface area contributed by atoms with E-state index in [1.54, 1.807) is 0 Å². The molecule has 11 heavy (non-hydrogen) atoms. The maximum Gasteiger partial charge on any atom is -0.0351 e. The molecular formula is C11H21. The Balaban J connectivity index is 3.24. The van der Waals surface area contributed by atoms with Gasteiger partial charge < -0.3 is 0 Å². The highest BCUT2D eigenvalue weighted by molar-refractivity contribution is 4.77.